The molecule has 2 heterocycles. The van der Waals surface area contributed by atoms with E-state index in [1.54, 1.807) is 4.68 Å². The van der Waals surface area contributed by atoms with Crippen molar-refractivity contribution < 1.29 is 0 Å². The van der Waals surface area contributed by atoms with Crippen LogP contribution >= 0.6 is 0 Å². The molecule has 0 bridgehead atoms. The highest BCUT2D eigenvalue weighted by atomic mass is 15.3. The lowest BCUT2D eigenvalue weighted by Crippen LogP contribution is -2.21. The zero-order valence-electron chi connectivity index (χ0n) is 13.5. The van der Waals surface area contributed by atoms with Crippen LogP contribution < -0.4 is 5.73 Å². The standard InChI is InChI=1S/C15H25N5/c1-9(2)20-13(16)12(17-14(20)15(4,5)6)11-8-19(7)18-10(11)3/h8-9H,16H2,1-7H3. The Bertz CT molecular complexity index is 625. The monoisotopic (exact) mass is 275 g/mol. The van der Waals surface area contributed by atoms with Gasteiger partial charge in [0.1, 0.15) is 17.3 Å². The Balaban J connectivity index is 2.71. The predicted molar refractivity (Wildman–Crippen MR) is 82.7 cm³/mol. The van der Waals surface area contributed by atoms with Gasteiger partial charge in [-0.2, -0.15) is 5.10 Å². The molecule has 0 saturated carbocycles. The molecular formula is C15H25N5. The van der Waals surface area contributed by atoms with Gasteiger partial charge >= 0.3 is 0 Å². The number of hydrogen-bond acceptors (Lipinski definition) is 3. The Hall–Kier alpha value is -1.78. The minimum absolute atomic E-state index is 0.0489. The van der Waals surface area contributed by atoms with E-state index in [0.717, 1.165) is 28.6 Å². The summed E-state index contributed by atoms with van der Waals surface area (Å²) < 4.78 is 3.93. The van der Waals surface area contributed by atoms with Crippen molar-refractivity contribution in [2.45, 2.75) is 53.0 Å². The Morgan fingerprint density at radius 2 is 1.85 bits per heavy atom. The Kier molecular flexibility index (Phi) is 3.40. The van der Waals surface area contributed by atoms with Gasteiger partial charge in [0.25, 0.3) is 0 Å². The summed E-state index contributed by atoms with van der Waals surface area (Å²) in [6, 6.07) is 0.280. The van der Waals surface area contributed by atoms with E-state index in [1.807, 2.05) is 20.2 Å². The molecule has 0 unspecified atom stereocenters. The van der Waals surface area contributed by atoms with Crippen LogP contribution in [-0.4, -0.2) is 19.3 Å². The molecule has 5 nitrogen and oxygen atoms in total. The number of imidazole rings is 1. The molecule has 0 aliphatic heterocycles. The average molecular weight is 275 g/mol. The van der Waals surface area contributed by atoms with Crippen molar-refractivity contribution in [2.24, 2.45) is 7.05 Å². The SMILES string of the molecule is Cc1nn(C)cc1-c1nc(C(C)(C)C)n(C(C)C)c1N. The Morgan fingerprint density at radius 1 is 1.25 bits per heavy atom. The molecule has 0 spiro atoms. The maximum Gasteiger partial charge on any atom is 0.132 e. The molecule has 110 valence electrons. The van der Waals surface area contributed by atoms with Gasteiger partial charge in [-0.25, -0.2) is 4.98 Å². The molecule has 0 aliphatic carbocycles. The van der Waals surface area contributed by atoms with Gasteiger partial charge in [-0.3, -0.25) is 4.68 Å². The maximum atomic E-state index is 6.38. The fraction of sp³-hybridized carbons (Fsp3) is 0.600. The molecule has 0 aromatic carbocycles. The van der Waals surface area contributed by atoms with E-state index in [-0.39, 0.29) is 11.5 Å². The number of nitrogen functional groups attached to an aromatic ring is 1. The third-order valence-corrected chi connectivity index (χ3v) is 3.40. The van der Waals surface area contributed by atoms with Gasteiger partial charge in [0.15, 0.2) is 0 Å². The third kappa shape index (κ3) is 2.32. The number of anilines is 1. The molecule has 2 aromatic rings. The first kappa shape index (κ1) is 14.6. The zero-order chi connectivity index (χ0) is 15.2. The second-order valence-electron chi connectivity index (χ2n) is 6.68. The third-order valence-electron chi connectivity index (χ3n) is 3.40. The molecule has 0 amide bonds. The second kappa shape index (κ2) is 4.65. The van der Waals surface area contributed by atoms with Crippen molar-refractivity contribution >= 4 is 5.82 Å². The van der Waals surface area contributed by atoms with Crippen LogP contribution in [0.2, 0.25) is 0 Å². The molecule has 2 aromatic heterocycles. The average Bonchev–Trinajstić information content (AvgIpc) is 2.78. The lowest BCUT2D eigenvalue weighted by atomic mass is 9.95. The van der Waals surface area contributed by atoms with Crippen LogP contribution in [0.3, 0.4) is 0 Å². The van der Waals surface area contributed by atoms with Gasteiger partial charge in [-0.15, -0.1) is 0 Å². The lowest BCUT2D eigenvalue weighted by molar-refractivity contribution is 0.473. The molecule has 5 heteroatoms. The maximum absolute atomic E-state index is 6.38. The minimum atomic E-state index is -0.0489. The summed E-state index contributed by atoms with van der Waals surface area (Å²) in [6.45, 7) is 12.7. The van der Waals surface area contributed by atoms with Gasteiger partial charge in [0, 0.05) is 30.3 Å². The minimum Gasteiger partial charge on any atom is -0.383 e. The fourth-order valence-corrected chi connectivity index (χ4v) is 2.53. The van der Waals surface area contributed by atoms with Crippen LogP contribution in [0.1, 0.15) is 52.2 Å². The van der Waals surface area contributed by atoms with Crippen molar-refractivity contribution in [2.75, 3.05) is 5.73 Å². The number of nitrogens with two attached hydrogens (primary N) is 1. The molecule has 0 aliphatic rings. The van der Waals surface area contributed by atoms with Crippen LogP contribution in [0.25, 0.3) is 11.3 Å². The van der Waals surface area contributed by atoms with Crippen molar-refractivity contribution in [1.82, 2.24) is 19.3 Å². The van der Waals surface area contributed by atoms with Crippen molar-refractivity contribution in [1.29, 1.82) is 0 Å². The Morgan fingerprint density at radius 3 is 2.20 bits per heavy atom. The van der Waals surface area contributed by atoms with E-state index in [9.17, 15) is 0 Å². The van der Waals surface area contributed by atoms with Crippen molar-refractivity contribution in [3.05, 3.63) is 17.7 Å². The molecule has 0 saturated heterocycles. The van der Waals surface area contributed by atoms with E-state index < -0.39 is 0 Å². The van der Waals surface area contributed by atoms with E-state index in [4.69, 9.17) is 10.7 Å². The first-order valence-corrected chi connectivity index (χ1v) is 7.01. The summed E-state index contributed by atoms with van der Waals surface area (Å²) in [4.78, 5) is 4.83. The molecule has 0 fully saturated rings. The highest BCUT2D eigenvalue weighted by molar-refractivity contribution is 5.72. The summed E-state index contributed by atoms with van der Waals surface area (Å²) >= 11 is 0. The number of aromatic nitrogens is 4. The second-order valence-corrected chi connectivity index (χ2v) is 6.68. The number of aryl methyl sites for hydroxylation is 2. The smallest absolute Gasteiger partial charge is 0.132 e. The predicted octanol–water partition coefficient (Wildman–Crippen LogP) is 3.05. The highest BCUT2D eigenvalue weighted by Crippen LogP contribution is 2.35. The first-order valence-electron chi connectivity index (χ1n) is 7.01. The topological polar surface area (TPSA) is 61.7 Å². The van der Waals surface area contributed by atoms with Crippen LogP contribution in [0, 0.1) is 6.92 Å². The summed E-state index contributed by atoms with van der Waals surface area (Å²) in [5, 5.41) is 4.39. The van der Waals surface area contributed by atoms with Gasteiger partial charge in [0.05, 0.1) is 5.69 Å². The molecule has 2 N–H and O–H groups in total. The highest BCUT2D eigenvalue weighted by Gasteiger charge is 2.27. The van der Waals surface area contributed by atoms with Gasteiger partial charge in [0.2, 0.25) is 0 Å². The normalized spacial score (nSPS) is 12.4. The molecule has 20 heavy (non-hydrogen) atoms. The van der Waals surface area contributed by atoms with Crippen LogP contribution in [-0.2, 0) is 12.5 Å². The molecule has 2 rings (SSSR count). The number of nitrogens with zero attached hydrogens (tertiary/aromatic N) is 4. The summed E-state index contributed by atoms with van der Waals surface area (Å²) in [5.41, 5.74) is 9.13. The van der Waals surface area contributed by atoms with Gasteiger partial charge in [-0.05, 0) is 20.8 Å². The van der Waals surface area contributed by atoms with Crippen LogP contribution in [0.15, 0.2) is 6.20 Å². The number of rotatable bonds is 2. The molecule has 0 atom stereocenters. The van der Waals surface area contributed by atoms with Gasteiger partial charge < -0.3 is 10.3 Å². The van der Waals surface area contributed by atoms with Crippen molar-refractivity contribution in [3.63, 3.8) is 0 Å². The summed E-state index contributed by atoms with van der Waals surface area (Å²) in [5.74, 6) is 1.74. The first-order chi connectivity index (χ1) is 9.12. The Labute approximate surface area is 120 Å². The summed E-state index contributed by atoms with van der Waals surface area (Å²) in [6.07, 6.45) is 1.98. The van der Waals surface area contributed by atoms with E-state index in [2.05, 4.69) is 44.3 Å². The van der Waals surface area contributed by atoms with Gasteiger partial charge in [-0.1, -0.05) is 20.8 Å². The fourth-order valence-electron chi connectivity index (χ4n) is 2.53. The van der Waals surface area contributed by atoms with E-state index in [1.165, 1.54) is 0 Å². The lowest BCUT2D eigenvalue weighted by Gasteiger charge is -2.22. The summed E-state index contributed by atoms with van der Waals surface area (Å²) in [7, 11) is 1.91. The largest absolute Gasteiger partial charge is 0.383 e. The number of hydrogen-bond donors (Lipinski definition) is 1. The van der Waals surface area contributed by atoms with Crippen LogP contribution in [0.5, 0.6) is 0 Å². The molecular weight excluding hydrogens is 250 g/mol. The van der Waals surface area contributed by atoms with Crippen LogP contribution in [0.4, 0.5) is 5.82 Å². The van der Waals surface area contributed by atoms with E-state index >= 15 is 0 Å². The zero-order valence-corrected chi connectivity index (χ0v) is 13.5. The van der Waals surface area contributed by atoms with E-state index in [0.29, 0.717) is 0 Å². The van der Waals surface area contributed by atoms with Crippen molar-refractivity contribution in [3.8, 4) is 11.3 Å². The molecule has 0 radical (unpaired) electrons. The quantitative estimate of drug-likeness (QED) is 0.916.